The maximum absolute atomic E-state index is 12.0. The van der Waals surface area contributed by atoms with Gasteiger partial charge in [-0.25, -0.2) is 4.79 Å². The second kappa shape index (κ2) is 7.15. The summed E-state index contributed by atoms with van der Waals surface area (Å²) in [5.74, 6) is -1.72. The van der Waals surface area contributed by atoms with Crippen LogP contribution < -0.4 is 10.1 Å². The second-order valence-electron chi connectivity index (χ2n) is 4.78. The Morgan fingerprint density at radius 2 is 1.64 bits per heavy atom. The third kappa shape index (κ3) is 6.02. The zero-order chi connectivity index (χ0) is 16.9. The Balaban J connectivity index is 2.64. The first-order valence-corrected chi connectivity index (χ1v) is 6.45. The van der Waals surface area contributed by atoms with Gasteiger partial charge in [0.15, 0.2) is 6.10 Å². The number of carbonyl (C=O) groups excluding carboxylic acids is 2. The van der Waals surface area contributed by atoms with E-state index in [1.54, 1.807) is 13.8 Å². The van der Waals surface area contributed by atoms with Gasteiger partial charge in [0, 0.05) is 6.04 Å². The van der Waals surface area contributed by atoms with E-state index in [2.05, 4.69) is 10.1 Å². The Labute approximate surface area is 125 Å². The van der Waals surface area contributed by atoms with Crippen LogP contribution in [0, 0.1) is 0 Å². The molecule has 5 nitrogen and oxygen atoms in total. The molecular weight excluding hydrogens is 303 g/mol. The van der Waals surface area contributed by atoms with Crippen molar-refractivity contribution in [3.8, 4) is 5.75 Å². The Hall–Kier alpha value is -2.25. The van der Waals surface area contributed by atoms with Crippen molar-refractivity contribution in [3.05, 3.63) is 29.8 Å². The third-order valence-corrected chi connectivity index (χ3v) is 2.41. The third-order valence-electron chi connectivity index (χ3n) is 2.41. The van der Waals surface area contributed by atoms with Gasteiger partial charge in [-0.1, -0.05) is 0 Å². The topological polar surface area (TPSA) is 64.6 Å². The molecule has 22 heavy (non-hydrogen) atoms. The molecule has 0 saturated heterocycles. The number of nitrogens with one attached hydrogen (secondary N) is 1. The van der Waals surface area contributed by atoms with Gasteiger partial charge in [0.05, 0.1) is 5.56 Å². The quantitative estimate of drug-likeness (QED) is 0.848. The van der Waals surface area contributed by atoms with Crippen LogP contribution >= 0.6 is 0 Å². The molecule has 1 rings (SSSR count). The van der Waals surface area contributed by atoms with Gasteiger partial charge in [0.25, 0.3) is 5.91 Å². The predicted molar refractivity (Wildman–Crippen MR) is 71.3 cm³/mol. The molecule has 0 fully saturated rings. The number of rotatable bonds is 5. The summed E-state index contributed by atoms with van der Waals surface area (Å²) < 4.78 is 44.6. The lowest BCUT2D eigenvalue weighted by Crippen LogP contribution is -2.39. The predicted octanol–water partition coefficient (Wildman–Crippen LogP) is 2.66. The molecule has 1 N–H and O–H groups in total. The second-order valence-corrected chi connectivity index (χ2v) is 4.78. The summed E-state index contributed by atoms with van der Waals surface area (Å²) in [5.41, 5.74) is 0.0127. The van der Waals surface area contributed by atoms with E-state index >= 15 is 0 Å². The highest BCUT2D eigenvalue weighted by Crippen LogP contribution is 2.23. The molecule has 1 amide bonds. The van der Waals surface area contributed by atoms with E-state index in [0.29, 0.717) is 0 Å². The van der Waals surface area contributed by atoms with Crippen molar-refractivity contribution in [1.29, 1.82) is 0 Å². The van der Waals surface area contributed by atoms with Crippen LogP contribution in [0.4, 0.5) is 13.2 Å². The van der Waals surface area contributed by atoms with Crippen LogP contribution in [0.2, 0.25) is 0 Å². The Kier molecular flexibility index (Phi) is 5.78. The van der Waals surface area contributed by atoms with Gasteiger partial charge in [-0.05, 0) is 45.0 Å². The minimum absolute atomic E-state index is 0.0127. The molecule has 0 radical (unpaired) electrons. The van der Waals surface area contributed by atoms with Gasteiger partial charge in [0.2, 0.25) is 0 Å². The molecule has 1 aromatic rings. The van der Waals surface area contributed by atoms with E-state index in [4.69, 9.17) is 4.74 Å². The molecule has 8 heteroatoms. The van der Waals surface area contributed by atoms with Crippen molar-refractivity contribution >= 4 is 11.9 Å². The summed E-state index contributed by atoms with van der Waals surface area (Å²) in [6.07, 6.45) is -5.81. The first-order chi connectivity index (χ1) is 10.1. The van der Waals surface area contributed by atoms with Gasteiger partial charge in [-0.2, -0.15) is 0 Å². The fraction of sp³-hybridized carbons (Fsp3) is 0.429. The van der Waals surface area contributed by atoms with E-state index in [1.165, 1.54) is 6.92 Å². The molecule has 1 aromatic carbocycles. The van der Waals surface area contributed by atoms with Crippen molar-refractivity contribution < 1.29 is 32.2 Å². The van der Waals surface area contributed by atoms with Gasteiger partial charge >= 0.3 is 12.3 Å². The van der Waals surface area contributed by atoms with Gasteiger partial charge in [-0.15, -0.1) is 13.2 Å². The Morgan fingerprint density at radius 1 is 1.09 bits per heavy atom. The molecule has 0 saturated carbocycles. The highest BCUT2D eigenvalue weighted by Gasteiger charge is 2.31. The molecule has 0 unspecified atom stereocenters. The van der Waals surface area contributed by atoms with Crippen LogP contribution in [0.1, 0.15) is 31.1 Å². The Morgan fingerprint density at radius 3 is 2.09 bits per heavy atom. The number of carbonyl (C=O) groups is 2. The van der Waals surface area contributed by atoms with E-state index < -0.39 is 30.1 Å². The van der Waals surface area contributed by atoms with Crippen molar-refractivity contribution in [2.24, 2.45) is 0 Å². The average Bonchev–Trinajstić information content (AvgIpc) is 2.36. The number of hydrogen-bond acceptors (Lipinski definition) is 4. The van der Waals surface area contributed by atoms with Gasteiger partial charge in [-0.3, -0.25) is 4.79 Å². The lowest BCUT2D eigenvalue weighted by Gasteiger charge is -2.15. The molecule has 0 aromatic heterocycles. The number of alkyl halides is 3. The maximum Gasteiger partial charge on any atom is 0.573 e. The van der Waals surface area contributed by atoms with E-state index in [-0.39, 0.29) is 11.6 Å². The van der Waals surface area contributed by atoms with Crippen LogP contribution in [-0.4, -0.2) is 30.4 Å². The number of amides is 1. The highest BCUT2D eigenvalue weighted by atomic mass is 19.4. The summed E-state index contributed by atoms with van der Waals surface area (Å²) >= 11 is 0. The van der Waals surface area contributed by atoms with Gasteiger partial charge < -0.3 is 14.8 Å². The van der Waals surface area contributed by atoms with Crippen LogP contribution in [0.15, 0.2) is 24.3 Å². The van der Waals surface area contributed by atoms with Crippen molar-refractivity contribution in [2.45, 2.75) is 39.3 Å². The standard InChI is InChI=1S/C14H16F3NO4/c1-8(2)18-12(19)9(3)21-13(20)10-4-6-11(7-5-10)22-14(15,16)17/h4-9H,1-3H3,(H,18,19)/t9-/m0/s1. The molecule has 0 spiro atoms. The molecule has 0 bridgehead atoms. The molecule has 0 aliphatic carbocycles. The summed E-state index contributed by atoms with van der Waals surface area (Å²) in [5, 5.41) is 2.57. The molecule has 1 atom stereocenters. The highest BCUT2D eigenvalue weighted by molar-refractivity contribution is 5.92. The average molecular weight is 319 g/mol. The summed E-state index contributed by atoms with van der Waals surface area (Å²) in [7, 11) is 0. The number of benzene rings is 1. The van der Waals surface area contributed by atoms with E-state index in [9.17, 15) is 22.8 Å². The lowest BCUT2D eigenvalue weighted by molar-refractivity contribution is -0.274. The van der Waals surface area contributed by atoms with E-state index in [0.717, 1.165) is 24.3 Å². The first-order valence-electron chi connectivity index (χ1n) is 6.45. The molecule has 0 heterocycles. The van der Waals surface area contributed by atoms with Crippen molar-refractivity contribution in [1.82, 2.24) is 5.32 Å². The fourth-order valence-corrected chi connectivity index (χ4v) is 1.48. The fourth-order valence-electron chi connectivity index (χ4n) is 1.48. The largest absolute Gasteiger partial charge is 0.573 e. The van der Waals surface area contributed by atoms with E-state index in [1.807, 2.05) is 0 Å². The van der Waals surface area contributed by atoms with Gasteiger partial charge in [0.1, 0.15) is 5.75 Å². The Bertz CT molecular complexity index is 526. The van der Waals surface area contributed by atoms with Crippen LogP contribution in [0.3, 0.4) is 0 Å². The molecule has 0 aliphatic heterocycles. The normalized spacial score (nSPS) is 12.7. The molecular formula is C14H16F3NO4. The number of esters is 1. The van der Waals surface area contributed by atoms with Crippen LogP contribution in [-0.2, 0) is 9.53 Å². The minimum Gasteiger partial charge on any atom is -0.449 e. The maximum atomic E-state index is 12.0. The first kappa shape index (κ1) is 17.8. The SMILES string of the molecule is CC(C)NC(=O)[C@H](C)OC(=O)c1ccc(OC(F)(F)F)cc1. The zero-order valence-electron chi connectivity index (χ0n) is 12.2. The van der Waals surface area contributed by atoms with Crippen LogP contribution in [0.5, 0.6) is 5.75 Å². The van der Waals surface area contributed by atoms with Crippen molar-refractivity contribution in [2.75, 3.05) is 0 Å². The summed E-state index contributed by atoms with van der Waals surface area (Å²) in [6.45, 7) is 4.91. The summed E-state index contributed by atoms with van der Waals surface area (Å²) in [6, 6.07) is 4.12. The minimum atomic E-state index is -4.80. The smallest absolute Gasteiger partial charge is 0.449 e. The van der Waals surface area contributed by atoms with Crippen molar-refractivity contribution in [3.63, 3.8) is 0 Å². The number of halogens is 3. The summed E-state index contributed by atoms with van der Waals surface area (Å²) in [4.78, 5) is 23.4. The lowest BCUT2D eigenvalue weighted by atomic mass is 10.2. The molecule has 0 aliphatic rings. The number of ether oxygens (including phenoxy) is 2. The molecule has 122 valence electrons. The van der Waals surface area contributed by atoms with Crippen LogP contribution in [0.25, 0.3) is 0 Å². The number of hydrogen-bond donors (Lipinski definition) is 1. The monoisotopic (exact) mass is 319 g/mol. The zero-order valence-corrected chi connectivity index (χ0v) is 12.2.